The van der Waals surface area contributed by atoms with Gasteiger partial charge in [-0.25, -0.2) is 9.97 Å². The topological polar surface area (TPSA) is 73.1 Å². The molecule has 0 aliphatic heterocycles. The summed E-state index contributed by atoms with van der Waals surface area (Å²) in [5.74, 6) is 1.97. The second-order valence-corrected chi connectivity index (χ2v) is 4.92. The molecular weight excluding hydrogens is 280 g/mol. The van der Waals surface area contributed by atoms with Gasteiger partial charge in [-0.2, -0.15) is 0 Å². The predicted molar refractivity (Wildman–Crippen MR) is 75.8 cm³/mol. The van der Waals surface area contributed by atoms with Crippen LogP contribution in [0.5, 0.6) is 0 Å². The number of nitrogens with one attached hydrogen (secondary N) is 1. The lowest BCUT2D eigenvalue weighted by Crippen LogP contribution is -2.11. The Labute approximate surface area is 122 Å². The maximum absolute atomic E-state index is 5.98. The molecule has 7 heteroatoms. The van der Waals surface area contributed by atoms with E-state index in [4.69, 9.17) is 20.9 Å². The maximum atomic E-state index is 5.98. The average molecular weight is 297 g/mol. The molecule has 0 radical (unpaired) electrons. The van der Waals surface area contributed by atoms with Crippen molar-refractivity contribution in [3.8, 4) is 0 Å². The van der Waals surface area contributed by atoms with Gasteiger partial charge in [0.25, 0.3) is 0 Å². The molecule has 2 heterocycles. The Morgan fingerprint density at radius 2 is 2.15 bits per heavy atom. The van der Waals surface area contributed by atoms with E-state index in [1.54, 1.807) is 13.2 Å². The first kappa shape index (κ1) is 14.7. The molecule has 0 fully saturated rings. The summed E-state index contributed by atoms with van der Waals surface area (Å²) in [6.45, 7) is 6.12. The lowest BCUT2D eigenvalue weighted by atomic mass is 10.1. The standard InChI is InChI=1S/C13H17ClN4O2/c1-7(13-8(2)18-20-9(13)3)15-11-5-10(14)16-12(17-11)6-19-4/h5,7H,6H2,1-4H3,(H,15,16,17). The fourth-order valence-corrected chi connectivity index (χ4v) is 2.34. The molecule has 20 heavy (non-hydrogen) atoms. The minimum atomic E-state index is 0.00242. The Morgan fingerprint density at radius 3 is 2.75 bits per heavy atom. The third kappa shape index (κ3) is 3.26. The molecule has 0 spiro atoms. The molecule has 108 valence electrons. The van der Waals surface area contributed by atoms with Crippen LogP contribution in [-0.4, -0.2) is 22.2 Å². The van der Waals surface area contributed by atoms with Crippen LogP contribution in [0.3, 0.4) is 0 Å². The second kappa shape index (κ2) is 6.19. The van der Waals surface area contributed by atoms with Crippen LogP contribution in [0.2, 0.25) is 5.15 Å². The highest BCUT2D eigenvalue weighted by Crippen LogP contribution is 2.25. The van der Waals surface area contributed by atoms with Crippen LogP contribution in [0.1, 0.15) is 35.8 Å². The smallest absolute Gasteiger partial charge is 0.158 e. The van der Waals surface area contributed by atoms with E-state index in [-0.39, 0.29) is 6.04 Å². The third-order valence-electron chi connectivity index (χ3n) is 2.90. The van der Waals surface area contributed by atoms with Gasteiger partial charge in [-0.1, -0.05) is 16.8 Å². The normalized spacial score (nSPS) is 12.4. The van der Waals surface area contributed by atoms with E-state index in [0.29, 0.717) is 23.4 Å². The van der Waals surface area contributed by atoms with Crippen LogP contribution in [0, 0.1) is 13.8 Å². The number of aryl methyl sites for hydroxylation is 2. The highest BCUT2D eigenvalue weighted by molar-refractivity contribution is 6.29. The fourth-order valence-electron chi connectivity index (χ4n) is 2.13. The summed E-state index contributed by atoms with van der Waals surface area (Å²) in [4.78, 5) is 8.44. The van der Waals surface area contributed by atoms with Crippen molar-refractivity contribution in [3.63, 3.8) is 0 Å². The number of hydrogen-bond acceptors (Lipinski definition) is 6. The number of anilines is 1. The maximum Gasteiger partial charge on any atom is 0.158 e. The number of methoxy groups -OCH3 is 1. The van der Waals surface area contributed by atoms with Gasteiger partial charge in [0.05, 0.1) is 11.7 Å². The third-order valence-corrected chi connectivity index (χ3v) is 3.09. The van der Waals surface area contributed by atoms with Crippen molar-refractivity contribution in [2.45, 2.75) is 33.4 Å². The van der Waals surface area contributed by atoms with Gasteiger partial charge in [0, 0.05) is 18.7 Å². The summed E-state index contributed by atoms with van der Waals surface area (Å²) < 4.78 is 10.2. The SMILES string of the molecule is COCc1nc(Cl)cc(NC(C)c2c(C)noc2C)n1. The molecule has 0 aliphatic rings. The van der Waals surface area contributed by atoms with Gasteiger partial charge in [-0.15, -0.1) is 0 Å². The number of rotatable bonds is 5. The zero-order valence-corrected chi connectivity index (χ0v) is 12.7. The summed E-state index contributed by atoms with van der Waals surface area (Å²) in [5, 5.41) is 7.60. The van der Waals surface area contributed by atoms with Crippen molar-refractivity contribution in [3.05, 3.63) is 34.1 Å². The van der Waals surface area contributed by atoms with Crippen molar-refractivity contribution in [2.75, 3.05) is 12.4 Å². The Balaban J connectivity index is 2.21. The van der Waals surface area contributed by atoms with E-state index >= 15 is 0 Å². The molecule has 1 N–H and O–H groups in total. The van der Waals surface area contributed by atoms with Crippen LogP contribution in [0.15, 0.2) is 10.6 Å². The summed E-state index contributed by atoms with van der Waals surface area (Å²) in [7, 11) is 1.59. The van der Waals surface area contributed by atoms with E-state index < -0.39 is 0 Å². The molecule has 0 aliphatic carbocycles. The van der Waals surface area contributed by atoms with E-state index in [1.165, 1.54) is 0 Å². The van der Waals surface area contributed by atoms with Gasteiger partial charge in [-0.05, 0) is 20.8 Å². The van der Waals surface area contributed by atoms with E-state index in [2.05, 4.69) is 20.4 Å². The van der Waals surface area contributed by atoms with E-state index in [0.717, 1.165) is 17.0 Å². The van der Waals surface area contributed by atoms with Crippen LogP contribution in [-0.2, 0) is 11.3 Å². The van der Waals surface area contributed by atoms with Gasteiger partial charge in [0.2, 0.25) is 0 Å². The van der Waals surface area contributed by atoms with Gasteiger partial charge < -0.3 is 14.6 Å². The molecule has 0 aromatic carbocycles. The molecule has 0 saturated heterocycles. The molecule has 2 aromatic heterocycles. The first-order chi connectivity index (χ1) is 9.51. The molecule has 2 rings (SSSR count). The zero-order chi connectivity index (χ0) is 14.7. The largest absolute Gasteiger partial charge is 0.377 e. The first-order valence-electron chi connectivity index (χ1n) is 6.23. The summed E-state index contributed by atoms with van der Waals surface area (Å²) in [5.41, 5.74) is 1.88. The van der Waals surface area contributed by atoms with Crippen molar-refractivity contribution in [1.82, 2.24) is 15.1 Å². The van der Waals surface area contributed by atoms with E-state index in [9.17, 15) is 0 Å². The van der Waals surface area contributed by atoms with Crippen LogP contribution >= 0.6 is 11.6 Å². The van der Waals surface area contributed by atoms with Crippen molar-refractivity contribution >= 4 is 17.4 Å². The molecule has 0 bridgehead atoms. The number of aromatic nitrogens is 3. The second-order valence-electron chi connectivity index (χ2n) is 4.53. The minimum absolute atomic E-state index is 0.00242. The van der Waals surface area contributed by atoms with Crippen molar-refractivity contribution < 1.29 is 9.26 Å². The number of halogens is 1. The van der Waals surface area contributed by atoms with E-state index in [1.807, 2.05) is 20.8 Å². The Bertz CT molecular complexity index is 581. The summed E-state index contributed by atoms with van der Waals surface area (Å²) >= 11 is 5.98. The Kier molecular flexibility index (Phi) is 4.57. The first-order valence-corrected chi connectivity index (χ1v) is 6.60. The predicted octanol–water partition coefficient (Wildman–Crippen LogP) is 3.05. The van der Waals surface area contributed by atoms with Gasteiger partial charge >= 0.3 is 0 Å². The summed E-state index contributed by atoms with van der Waals surface area (Å²) in [6.07, 6.45) is 0. The molecule has 0 saturated carbocycles. The zero-order valence-electron chi connectivity index (χ0n) is 11.9. The van der Waals surface area contributed by atoms with Gasteiger partial charge in [0.1, 0.15) is 23.3 Å². The van der Waals surface area contributed by atoms with Crippen LogP contribution in [0.25, 0.3) is 0 Å². The monoisotopic (exact) mass is 296 g/mol. The minimum Gasteiger partial charge on any atom is -0.377 e. The van der Waals surface area contributed by atoms with Gasteiger partial charge in [-0.3, -0.25) is 0 Å². The van der Waals surface area contributed by atoms with Crippen molar-refractivity contribution in [1.29, 1.82) is 0 Å². The quantitative estimate of drug-likeness (QED) is 0.855. The number of ether oxygens (including phenoxy) is 1. The molecule has 1 atom stereocenters. The number of nitrogens with zero attached hydrogens (tertiary/aromatic N) is 3. The lowest BCUT2D eigenvalue weighted by molar-refractivity contribution is 0.178. The molecule has 6 nitrogen and oxygen atoms in total. The number of hydrogen-bond donors (Lipinski definition) is 1. The molecule has 0 amide bonds. The highest BCUT2D eigenvalue weighted by Gasteiger charge is 2.17. The highest BCUT2D eigenvalue weighted by atomic mass is 35.5. The Hall–Kier alpha value is -1.66. The van der Waals surface area contributed by atoms with Crippen LogP contribution < -0.4 is 5.32 Å². The van der Waals surface area contributed by atoms with Crippen molar-refractivity contribution in [2.24, 2.45) is 0 Å². The molecule has 2 aromatic rings. The summed E-state index contributed by atoms with van der Waals surface area (Å²) in [6, 6.07) is 1.68. The fraction of sp³-hybridized carbons (Fsp3) is 0.462. The van der Waals surface area contributed by atoms with Crippen LogP contribution in [0.4, 0.5) is 5.82 Å². The molecule has 1 unspecified atom stereocenters. The Morgan fingerprint density at radius 1 is 1.40 bits per heavy atom. The lowest BCUT2D eigenvalue weighted by Gasteiger charge is -2.15. The van der Waals surface area contributed by atoms with Gasteiger partial charge in [0.15, 0.2) is 5.82 Å². The average Bonchev–Trinajstić information content (AvgIpc) is 2.68. The molecular formula is C13H17ClN4O2.